The molecule has 3 rings (SSSR count). The molecule has 0 N–H and O–H groups in total. The van der Waals surface area contributed by atoms with Gasteiger partial charge < -0.3 is 9.80 Å². The first-order chi connectivity index (χ1) is 10.0. The highest BCUT2D eigenvalue weighted by atomic mass is 32.1. The van der Waals surface area contributed by atoms with Gasteiger partial charge in [-0.1, -0.05) is 0 Å². The number of likely N-dealkylation sites (N-methyl/N-ethyl adjacent to an activating group) is 1. The van der Waals surface area contributed by atoms with Crippen LogP contribution < -0.4 is 0 Å². The van der Waals surface area contributed by atoms with Crippen molar-refractivity contribution in [3.05, 3.63) is 21.9 Å². The lowest BCUT2D eigenvalue weighted by Gasteiger charge is -2.50. The second kappa shape index (κ2) is 5.44. The quantitative estimate of drug-likeness (QED) is 0.800. The van der Waals surface area contributed by atoms with Crippen molar-refractivity contribution in [3.63, 3.8) is 0 Å². The normalized spacial score (nSPS) is 26.5. The number of rotatable bonds is 1. The van der Waals surface area contributed by atoms with Gasteiger partial charge in [-0.05, 0) is 49.6 Å². The molecule has 0 radical (unpaired) electrons. The van der Waals surface area contributed by atoms with Gasteiger partial charge >= 0.3 is 0 Å². The van der Waals surface area contributed by atoms with Crippen molar-refractivity contribution in [2.45, 2.75) is 44.6 Å². The molecule has 0 aliphatic carbocycles. The topological polar surface area (TPSA) is 40.6 Å². The first-order valence-electron chi connectivity index (χ1n) is 7.63. The zero-order chi connectivity index (χ0) is 15.0. The van der Waals surface area contributed by atoms with E-state index in [4.69, 9.17) is 0 Å². The summed E-state index contributed by atoms with van der Waals surface area (Å²) in [6.07, 6.45) is 4.61. The number of carbonyl (C=O) groups excluding carboxylic acids is 2. The van der Waals surface area contributed by atoms with Crippen molar-refractivity contribution >= 4 is 23.2 Å². The molecule has 1 aromatic rings. The van der Waals surface area contributed by atoms with Crippen LogP contribution in [-0.2, 0) is 4.79 Å². The molecule has 2 amide bonds. The maximum Gasteiger partial charge on any atom is 0.264 e. The zero-order valence-electron chi connectivity index (χ0n) is 12.7. The van der Waals surface area contributed by atoms with Crippen LogP contribution in [0.1, 0.15) is 47.3 Å². The van der Waals surface area contributed by atoms with E-state index in [1.165, 1.54) is 11.3 Å². The molecule has 2 aliphatic heterocycles. The summed E-state index contributed by atoms with van der Waals surface area (Å²) in [4.78, 5) is 29.5. The van der Waals surface area contributed by atoms with Crippen molar-refractivity contribution < 1.29 is 9.59 Å². The van der Waals surface area contributed by atoms with E-state index in [1.54, 1.807) is 0 Å². The highest BCUT2D eigenvalue weighted by Gasteiger charge is 2.44. The van der Waals surface area contributed by atoms with Gasteiger partial charge in [-0.25, -0.2) is 0 Å². The Kier molecular flexibility index (Phi) is 3.78. The SMILES string of the molecule is Cc1ccsc1C(=O)N1CCC[C@@]2(CCCC(=O)N2C)C1. The van der Waals surface area contributed by atoms with Crippen molar-refractivity contribution in [2.24, 2.45) is 0 Å². The second-order valence-electron chi connectivity index (χ2n) is 6.29. The summed E-state index contributed by atoms with van der Waals surface area (Å²) in [5.41, 5.74) is 0.923. The molecule has 2 aliphatic rings. The molecular weight excluding hydrogens is 284 g/mol. The Labute approximate surface area is 129 Å². The molecule has 0 aromatic carbocycles. The number of aryl methyl sites for hydroxylation is 1. The molecule has 114 valence electrons. The van der Waals surface area contributed by atoms with E-state index >= 15 is 0 Å². The molecule has 1 aromatic heterocycles. The highest BCUT2D eigenvalue weighted by Crippen LogP contribution is 2.36. The third-order valence-electron chi connectivity index (χ3n) is 5.02. The summed E-state index contributed by atoms with van der Waals surface area (Å²) in [7, 11) is 1.91. The Balaban J connectivity index is 1.81. The van der Waals surface area contributed by atoms with Crippen LogP contribution in [-0.4, -0.2) is 47.3 Å². The number of nitrogens with zero attached hydrogens (tertiary/aromatic N) is 2. The molecule has 1 spiro atoms. The van der Waals surface area contributed by atoms with Crippen LogP contribution in [0.4, 0.5) is 0 Å². The van der Waals surface area contributed by atoms with Gasteiger partial charge in [0.1, 0.15) is 0 Å². The van der Waals surface area contributed by atoms with Crippen molar-refractivity contribution in [1.29, 1.82) is 0 Å². The largest absolute Gasteiger partial charge is 0.338 e. The van der Waals surface area contributed by atoms with E-state index in [2.05, 4.69) is 0 Å². The first kappa shape index (κ1) is 14.6. The molecule has 4 nitrogen and oxygen atoms in total. The number of amides is 2. The van der Waals surface area contributed by atoms with Crippen LogP contribution >= 0.6 is 11.3 Å². The van der Waals surface area contributed by atoms with Crippen molar-refractivity contribution in [2.75, 3.05) is 20.1 Å². The van der Waals surface area contributed by atoms with Crippen LogP contribution in [0.2, 0.25) is 0 Å². The predicted molar refractivity (Wildman–Crippen MR) is 83.5 cm³/mol. The standard InChI is InChI=1S/C16H22N2O2S/c1-12-6-10-21-14(12)15(20)18-9-4-8-16(11-18)7-3-5-13(19)17(16)2/h6,10H,3-5,7-9,11H2,1-2H3/t16-/m0/s1. The van der Waals surface area contributed by atoms with E-state index in [0.29, 0.717) is 13.0 Å². The lowest BCUT2D eigenvalue weighted by Crippen LogP contribution is -2.61. The third kappa shape index (κ3) is 2.48. The Morgan fingerprint density at radius 3 is 2.81 bits per heavy atom. The minimum absolute atomic E-state index is 0.131. The number of likely N-dealkylation sites (tertiary alicyclic amines) is 2. The van der Waals surface area contributed by atoms with Crippen molar-refractivity contribution in [1.82, 2.24) is 9.80 Å². The molecule has 2 fully saturated rings. The van der Waals surface area contributed by atoms with Gasteiger partial charge in [0.05, 0.1) is 10.4 Å². The second-order valence-corrected chi connectivity index (χ2v) is 7.21. The van der Waals surface area contributed by atoms with E-state index in [9.17, 15) is 9.59 Å². The van der Waals surface area contributed by atoms with Crippen LogP contribution in [0.25, 0.3) is 0 Å². The number of piperidine rings is 2. The maximum atomic E-state index is 12.7. The lowest BCUT2D eigenvalue weighted by molar-refractivity contribution is -0.142. The third-order valence-corrected chi connectivity index (χ3v) is 6.02. The smallest absolute Gasteiger partial charge is 0.264 e. The number of hydrogen-bond acceptors (Lipinski definition) is 3. The molecule has 2 saturated heterocycles. The van der Waals surface area contributed by atoms with Gasteiger partial charge in [-0.2, -0.15) is 0 Å². The highest BCUT2D eigenvalue weighted by molar-refractivity contribution is 7.12. The maximum absolute atomic E-state index is 12.7. The fourth-order valence-electron chi connectivity index (χ4n) is 3.67. The van der Waals surface area contributed by atoms with E-state index in [-0.39, 0.29) is 17.4 Å². The van der Waals surface area contributed by atoms with E-state index in [0.717, 1.165) is 42.7 Å². The van der Waals surface area contributed by atoms with E-state index < -0.39 is 0 Å². The molecule has 0 bridgehead atoms. The Hall–Kier alpha value is -1.36. The fraction of sp³-hybridized carbons (Fsp3) is 0.625. The monoisotopic (exact) mass is 306 g/mol. The van der Waals surface area contributed by atoms with Gasteiger partial charge in [0.2, 0.25) is 5.91 Å². The molecule has 5 heteroatoms. The van der Waals surface area contributed by atoms with E-state index in [1.807, 2.05) is 35.2 Å². The minimum atomic E-state index is -0.131. The summed E-state index contributed by atoms with van der Waals surface area (Å²) >= 11 is 1.52. The van der Waals surface area contributed by atoms with Crippen LogP contribution in [0, 0.1) is 6.92 Å². The lowest BCUT2D eigenvalue weighted by atomic mass is 9.80. The summed E-state index contributed by atoms with van der Waals surface area (Å²) in [6, 6.07) is 1.99. The summed E-state index contributed by atoms with van der Waals surface area (Å²) in [5, 5.41) is 1.97. The van der Waals surface area contributed by atoms with Crippen LogP contribution in [0.3, 0.4) is 0 Å². The Morgan fingerprint density at radius 2 is 2.10 bits per heavy atom. The van der Waals surface area contributed by atoms with Gasteiger partial charge in [0, 0.05) is 26.6 Å². The number of hydrogen-bond donors (Lipinski definition) is 0. The first-order valence-corrected chi connectivity index (χ1v) is 8.51. The molecule has 21 heavy (non-hydrogen) atoms. The predicted octanol–water partition coefficient (Wildman–Crippen LogP) is 2.67. The van der Waals surface area contributed by atoms with Gasteiger partial charge in [0.15, 0.2) is 0 Å². The zero-order valence-corrected chi connectivity index (χ0v) is 13.5. The molecule has 0 unspecified atom stereocenters. The number of thiophene rings is 1. The fourth-order valence-corrected chi connectivity index (χ4v) is 4.56. The average Bonchev–Trinajstić information content (AvgIpc) is 2.90. The van der Waals surface area contributed by atoms with Gasteiger partial charge in [-0.3, -0.25) is 9.59 Å². The molecule has 3 heterocycles. The summed E-state index contributed by atoms with van der Waals surface area (Å²) < 4.78 is 0. The van der Waals surface area contributed by atoms with Gasteiger partial charge in [0.25, 0.3) is 5.91 Å². The minimum Gasteiger partial charge on any atom is -0.338 e. The molecule has 0 saturated carbocycles. The van der Waals surface area contributed by atoms with Crippen LogP contribution in [0.5, 0.6) is 0 Å². The van der Waals surface area contributed by atoms with Crippen molar-refractivity contribution in [3.8, 4) is 0 Å². The Morgan fingerprint density at radius 1 is 1.33 bits per heavy atom. The van der Waals surface area contributed by atoms with Crippen LogP contribution in [0.15, 0.2) is 11.4 Å². The summed E-state index contributed by atoms with van der Waals surface area (Å²) in [5.74, 6) is 0.357. The van der Waals surface area contributed by atoms with Gasteiger partial charge in [-0.15, -0.1) is 11.3 Å². The summed E-state index contributed by atoms with van der Waals surface area (Å²) in [6.45, 7) is 3.48. The molecule has 1 atom stereocenters. The average molecular weight is 306 g/mol. The Bertz CT molecular complexity index is 564. The number of carbonyl (C=O) groups is 2. The molecular formula is C16H22N2O2S.